The van der Waals surface area contributed by atoms with Gasteiger partial charge in [0.2, 0.25) is 0 Å². The SMILES string of the molecule is CS(=O)(=O)C1[C@H](n2ccc(N)nc2=O)O[C@H](CO)[C@H]1O. The van der Waals surface area contributed by atoms with Crippen LogP contribution in [0.15, 0.2) is 17.1 Å². The quantitative estimate of drug-likeness (QED) is 0.555. The Morgan fingerprint density at radius 1 is 1.55 bits per heavy atom. The second kappa shape index (κ2) is 5.13. The third kappa shape index (κ3) is 2.54. The number of hydrogen-bond acceptors (Lipinski definition) is 8. The molecule has 0 bridgehead atoms. The molecule has 2 heterocycles. The summed E-state index contributed by atoms with van der Waals surface area (Å²) < 4.78 is 29.8. The number of rotatable bonds is 3. The molecule has 4 atom stereocenters. The van der Waals surface area contributed by atoms with Crippen LogP contribution in [0.1, 0.15) is 6.23 Å². The van der Waals surface area contributed by atoms with E-state index in [0.29, 0.717) is 0 Å². The van der Waals surface area contributed by atoms with E-state index in [1.165, 1.54) is 12.3 Å². The van der Waals surface area contributed by atoms with Crippen LogP contribution in [-0.2, 0) is 14.6 Å². The van der Waals surface area contributed by atoms with E-state index in [-0.39, 0.29) is 5.82 Å². The summed E-state index contributed by atoms with van der Waals surface area (Å²) in [7, 11) is -3.72. The molecule has 1 saturated heterocycles. The van der Waals surface area contributed by atoms with Gasteiger partial charge in [0.15, 0.2) is 16.1 Å². The third-order valence-corrected chi connectivity index (χ3v) is 4.61. The maximum absolute atomic E-state index is 11.8. The molecular formula is C10H15N3O6S. The zero-order valence-electron chi connectivity index (χ0n) is 10.6. The van der Waals surface area contributed by atoms with E-state index in [2.05, 4.69) is 4.98 Å². The number of aliphatic hydroxyl groups excluding tert-OH is 2. The maximum Gasteiger partial charge on any atom is 0.351 e. The van der Waals surface area contributed by atoms with Gasteiger partial charge in [-0.3, -0.25) is 4.57 Å². The lowest BCUT2D eigenvalue weighted by Gasteiger charge is -2.20. The van der Waals surface area contributed by atoms with Crippen LogP contribution in [0.4, 0.5) is 5.82 Å². The van der Waals surface area contributed by atoms with Crippen LogP contribution < -0.4 is 11.4 Å². The van der Waals surface area contributed by atoms with E-state index in [0.717, 1.165) is 10.8 Å². The van der Waals surface area contributed by atoms with Crippen molar-refractivity contribution in [2.75, 3.05) is 18.6 Å². The van der Waals surface area contributed by atoms with E-state index >= 15 is 0 Å². The zero-order valence-corrected chi connectivity index (χ0v) is 11.4. The summed E-state index contributed by atoms with van der Waals surface area (Å²) in [5.74, 6) is -0.0144. The van der Waals surface area contributed by atoms with Crippen molar-refractivity contribution in [1.29, 1.82) is 0 Å². The summed E-state index contributed by atoms with van der Waals surface area (Å²) in [5.41, 5.74) is 4.56. The largest absolute Gasteiger partial charge is 0.394 e. The van der Waals surface area contributed by atoms with E-state index in [4.69, 9.17) is 15.6 Å². The van der Waals surface area contributed by atoms with Crippen molar-refractivity contribution in [3.05, 3.63) is 22.7 Å². The normalized spacial score (nSPS) is 30.6. The fourth-order valence-corrected chi connectivity index (χ4v) is 3.48. The molecule has 1 aromatic heterocycles. The number of nitrogen functional groups attached to an aromatic ring is 1. The van der Waals surface area contributed by atoms with Gasteiger partial charge < -0.3 is 20.7 Å². The molecule has 9 nitrogen and oxygen atoms in total. The standard InChI is InChI=1S/C10H15N3O6S/c1-20(17,18)8-7(15)5(4-14)19-9(8)13-3-2-6(11)12-10(13)16/h2-3,5,7-9,14-15H,4H2,1H3,(H2,11,12,16)/t5-,7-,8?,9-/m1/s1. The van der Waals surface area contributed by atoms with E-state index in [1.54, 1.807) is 0 Å². The second-order valence-corrected chi connectivity index (χ2v) is 6.78. The summed E-state index contributed by atoms with van der Waals surface area (Å²) in [6.07, 6.45) is -1.64. The van der Waals surface area contributed by atoms with Crippen molar-refractivity contribution < 1.29 is 23.4 Å². The third-order valence-electron chi connectivity index (χ3n) is 3.11. The van der Waals surface area contributed by atoms with Gasteiger partial charge in [-0.25, -0.2) is 13.2 Å². The molecule has 0 aromatic carbocycles. The summed E-state index contributed by atoms with van der Waals surface area (Å²) in [5, 5.41) is 17.7. The number of ether oxygens (including phenoxy) is 1. The minimum Gasteiger partial charge on any atom is -0.394 e. The van der Waals surface area contributed by atoms with Crippen LogP contribution in [0.5, 0.6) is 0 Å². The topological polar surface area (TPSA) is 145 Å². The molecule has 112 valence electrons. The van der Waals surface area contributed by atoms with Crippen molar-refractivity contribution in [2.45, 2.75) is 23.7 Å². The maximum atomic E-state index is 11.8. The first-order valence-electron chi connectivity index (χ1n) is 5.73. The minimum atomic E-state index is -3.72. The average Bonchev–Trinajstić information content (AvgIpc) is 2.65. The highest BCUT2D eigenvalue weighted by molar-refractivity contribution is 7.91. The summed E-state index contributed by atoms with van der Waals surface area (Å²) in [6.45, 7) is -0.569. The molecule has 1 aliphatic heterocycles. The van der Waals surface area contributed by atoms with Crippen LogP contribution in [-0.4, -0.2) is 58.5 Å². The smallest absolute Gasteiger partial charge is 0.351 e. The molecule has 1 aromatic rings. The molecule has 0 spiro atoms. The lowest BCUT2D eigenvalue weighted by atomic mass is 10.2. The Balaban J connectivity index is 2.50. The molecule has 4 N–H and O–H groups in total. The Kier molecular flexibility index (Phi) is 3.82. The van der Waals surface area contributed by atoms with Crippen LogP contribution in [0.3, 0.4) is 0 Å². The van der Waals surface area contributed by atoms with Crippen LogP contribution in [0.25, 0.3) is 0 Å². The molecule has 10 heteroatoms. The number of nitrogens with two attached hydrogens (primary N) is 1. The Morgan fingerprint density at radius 2 is 2.20 bits per heavy atom. The van der Waals surface area contributed by atoms with Gasteiger partial charge in [0.25, 0.3) is 0 Å². The summed E-state index contributed by atoms with van der Waals surface area (Å²) >= 11 is 0. The first kappa shape index (κ1) is 14.9. The highest BCUT2D eigenvalue weighted by atomic mass is 32.2. The second-order valence-electron chi connectivity index (χ2n) is 4.57. The van der Waals surface area contributed by atoms with Crippen molar-refractivity contribution in [2.24, 2.45) is 0 Å². The van der Waals surface area contributed by atoms with Gasteiger partial charge >= 0.3 is 5.69 Å². The molecule has 1 fully saturated rings. The Labute approximate surface area is 114 Å². The first-order valence-corrected chi connectivity index (χ1v) is 7.69. The van der Waals surface area contributed by atoms with Gasteiger partial charge in [0.1, 0.15) is 23.3 Å². The van der Waals surface area contributed by atoms with Gasteiger partial charge in [0, 0.05) is 12.5 Å². The predicted molar refractivity (Wildman–Crippen MR) is 68.5 cm³/mol. The highest BCUT2D eigenvalue weighted by Crippen LogP contribution is 2.32. The molecular weight excluding hydrogens is 290 g/mol. The van der Waals surface area contributed by atoms with Gasteiger partial charge in [-0.1, -0.05) is 0 Å². The summed E-state index contributed by atoms with van der Waals surface area (Å²) in [4.78, 5) is 15.2. The number of aliphatic hydroxyl groups is 2. The Hall–Kier alpha value is -1.49. The van der Waals surface area contributed by atoms with E-state index < -0.39 is 45.8 Å². The highest BCUT2D eigenvalue weighted by Gasteiger charge is 2.50. The van der Waals surface area contributed by atoms with E-state index in [9.17, 15) is 18.3 Å². The van der Waals surface area contributed by atoms with Crippen LogP contribution in [0.2, 0.25) is 0 Å². The van der Waals surface area contributed by atoms with Crippen molar-refractivity contribution in [1.82, 2.24) is 9.55 Å². The monoisotopic (exact) mass is 305 g/mol. The molecule has 1 aliphatic rings. The Morgan fingerprint density at radius 3 is 2.70 bits per heavy atom. The van der Waals surface area contributed by atoms with Crippen molar-refractivity contribution in [3.63, 3.8) is 0 Å². The molecule has 2 rings (SSSR count). The predicted octanol–water partition coefficient (Wildman–Crippen LogP) is -2.51. The van der Waals surface area contributed by atoms with Crippen LogP contribution >= 0.6 is 0 Å². The molecule has 0 saturated carbocycles. The Bertz CT molecular complexity index is 657. The van der Waals surface area contributed by atoms with Gasteiger partial charge in [-0.2, -0.15) is 4.98 Å². The van der Waals surface area contributed by atoms with E-state index in [1.807, 2.05) is 0 Å². The molecule has 0 amide bonds. The molecule has 0 radical (unpaired) electrons. The van der Waals surface area contributed by atoms with Crippen LogP contribution in [0, 0.1) is 0 Å². The van der Waals surface area contributed by atoms with Crippen molar-refractivity contribution in [3.8, 4) is 0 Å². The average molecular weight is 305 g/mol. The number of hydrogen-bond donors (Lipinski definition) is 3. The number of anilines is 1. The van der Waals surface area contributed by atoms with Gasteiger partial charge in [0.05, 0.1) is 6.61 Å². The van der Waals surface area contributed by atoms with Gasteiger partial charge in [-0.05, 0) is 6.07 Å². The lowest BCUT2D eigenvalue weighted by Crippen LogP contribution is -2.41. The molecule has 1 unspecified atom stereocenters. The number of nitrogens with zero attached hydrogens (tertiary/aromatic N) is 2. The van der Waals surface area contributed by atoms with Crippen molar-refractivity contribution >= 4 is 15.7 Å². The first-order chi connectivity index (χ1) is 9.25. The number of aromatic nitrogens is 2. The lowest BCUT2D eigenvalue weighted by molar-refractivity contribution is -0.0457. The fraction of sp³-hybridized carbons (Fsp3) is 0.600. The minimum absolute atomic E-state index is 0.0144. The summed E-state index contributed by atoms with van der Waals surface area (Å²) in [6, 6.07) is 1.31. The molecule has 0 aliphatic carbocycles. The fourth-order valence-electron chi connectivity index (χ4n) is 2.18. The number of sulfone groups is 1. The molecule has 20 heavy (non-hydrogen) atoms. The van der Waals surface area contributed by atoms with Gasteiger partial charge in [-0.15, -0.1) is 0 Å². The zero-order chi connectivity index (χ0) is 15.1.